The molecule has 2 aromatic rings. The highest BCUT2D eigenvalue weighted by atomic mass is 32.2. The van der Waals surface area contributed by atoms with Crippen LogP contribution >= 0.6 is 11.3 Å². The minimum atomic E-state index is -3.64. The molecule has 0 aliphatic carbocycles. The maximum Gasteiger partial charge on any atom is 0.256 e. The highest BCUT2D eigenvalue weighted by Crippen LogP contribution is 2.35. The molecule has 3 heterocycles. The quantitative estimate of drug-likeness (QED) is 0.540. The van der Waals surface area contributed by atoms with Crippen LogP contribution in [0.4, 0.5) is 5.00 Å². The lowest BCUT2D eigenvalue weighted by molar-refractivity contribution is -0.936. The number of nitrogens with one attached hydrogen (secondary N) is 2. The summed E-state index contributed by atoms with van der Waals surface area (Å²) in [6.45, 7) is 7.37. The highest BCUT2D eigenvalue weighted by molar-refractivity contribution is 7.89. The molecule has 1 unspecified atom stereocenters. The van der Waals surface area contributed by atoms with Crippen LogP contribution < -0.4 is 16.0 Å². The molecule has 9 nitrogen and oxygen atoms in total. The second kappa shape index (κ2) is 9.51. The second-order valence-electron chi connectivity index (χ2n) is 8.56. The van der Waals surface area contributed by atoms with Crippen molar-refractivity contribution in [2.75, 3.05) is 38.2 Å². The van der Waals surface area contributed by atoms with Crippen LogP contribution in [0.15, 0.2) is 29.2 Å². The number of nitrogens with two attached hydrogens (primary N) is 1. The van der Waals surface area contributed by atoms with Crippen molar-refractivity contribution in [1.29, 1.82) is 0 Å². The topological polar surface area (TPSA) is 123 Å². The van der Waals surface area contributed by atoms with Crippen LogP contribution in [-0.2, 0) is 27.7 Å². The van der Waals surface area contributed by atoms with Gasteiger partial charge in [-0.3, -0.25) is 9.59 Å². The Morgan fingerprint density at radius 1 is 1.18 bits per heavy atom. The lowest BCUT2D eigenvalue weighted by atomic mass is 10.0. The number of benzene rings is 1. The van der Waals surface area contributed by atoms with E-state index >= 15 is 0 Å². The van der Waals surface area contributed by atoms with Crippen LogP contribution in [0.2, 0.25) is 0 Å². The number of ether oxygens (including phenoxy) is 1. The first kappa shape index (κ1) is 23.8. The summed E-state index contributed by atoms with van der Waals surface area (Å²) < 4.78 is 32.2. The van der Waals surface area contributed by atoms with Crippen LogP contribution in [-0.4, -0.2) is 63.4 Å². The zero-order valence-electron chi connectivity index (χ0n) is 18.7. The maximum absolute atomic E-state index is 12.9. The molecule has 1 fully saturated rings. The van der Waals surface area contributed by atoms with Gasteiger partial charge in [-0.2, -0.15) is 4.31 Å². The number of thiophene rings is 1. The lowest BCUT2D eigenvalue weighted by Crippen LogP contribution is -3.14. The summed E-state index contributed by atoms with van der Waals surface area (Å²) in [7, 11) is -3.64. The summed E-state index contributed by atoms with van der Waals surface area (Å²) in [4.78, 5) is 27.7. The van der Waals surface area contributed by atoms with Gasteiger partial charge in [0, 0.05) is 25.1 Å². The summed E-state index contributed by atoms with van der Waals surface area (Å²) in [6.07, 6.45) is 0.738. The van der Waals surface area contributed by atoms with Crippen molar-refractivity contribution in [1.82, 2.24) is 4.31 Å². The minimum absolute atomic E-state index is 0.127. The number of amides is 2. The number of carbonyl (C=O) groups is 2. The number of nitrogens with zero attached hydrogens (tertiary/aromatic N) is 1. The van der Waals surface area contributed by atoms with Crippen LogP contribution in [0.1, 0.15) is 45.0 Å². The molecule has 1 atom stereocenters. The van der Waals surface area contributed by atoms with Crippen LogP contribution in [0.5, 0.6) is 0 Å². The molecule has 1 aromatic carbocycles. The predicted octanol–water partition coefficient (Wildman–Crippen LogP) is 0.470. The first-order valence-corrected chi connectivity index (χ1v) is 13.2. The van der Waals surface area contributed by atoms with Crippen molar-refractivity contribution in [3.63, 3.8) is 0 Å². The molecular weight excluding hydrogens is 464 g/mol. The van der Waals surface area contributed by atoms with Gasteiger partial charge >= 0.3 is 0 Å². The number of rotatable bonds is 6. The van der Waals surface area contributed by atoms with Gasteiger partial charge in [-0.1, -0.05) is 0 Å². The third-order valence-corrected chi connectivity index (χ3v) is 9.25. The standard InChI is InChI=1S/C22H28N4O5S2/c1-14(2)25-8-7-17-18(13-25)32-22(19(17)20(23)27)24-21(28)15-3-5-16(6-4-15)33(29,30)26-9-11-31-12-10-26/h3-6,14H,7-13H2,1-2H3,(H2,23,27)(H,24,28)/p+1. The Bertz CT molecular complexity index is 1150. The van der Waals surface area contributed by atoms with Crippen molar-refractivity contribution in [2.24, 2.45) is 5.73 Å². The molecule has 11 heteroatoms. The normalized spacial score (nSPS) is 19.3. The van der Waals surface area contributed by atoms with Crippen LogP contribution in [0.25, 0.3) is 0 Å². The number of carbonyl (C=O) groups excluding carboxylic acids is 2. The van der Waals surface area contributed by atoms with E-state index in [0.717, 1.165) is 30.0 Å². The third-order valence-electron chi connectivity index (χ3n) is 6.19. The van der Waals surface area contributed by atoms with Crippen LogP contribution in [0, 0.1) is 0 Å². The van der Waals surface area contributed by atoms with Crippen molar-refractivity contribution >= 4 is 38.2 Å². The molecule has 0 radical (unpaired) electrons. The molecule has 2 aliphatic heterocycles. The largest absolute Gasteiger partial charge is 0.379 e. The Morgan fingerprint density at radius 3 is 2.45 bits per heavy atom. The van der Waals surface area contributed by atoms with Gasteiger partial charge in [0.25, 0.3) is 11.8 Å². The molecule has 0 bridgehead atoms. The number of hydrogen-bond donors (Lipinski definition) is 3. The van der Waals surface area contributed by atoms with E-state index < -0.39 is 21.8 Å². The van der Waals surface area contributed by atoms with Crippen molar-refractivity contribution in [3.05, 3.63) is 45.8 Å². The molecule has 2 aliphatic rings. The van der Waals surface area contributed by atoms with E-state index in [9.17, 15) is 18.0 Å². The average Bonchev–Trinajstić information content (AvgIpc) is 3.16. The van der Waals surface area contributed by atoms with Gasteiger partial charge in [0.05, 0.1) is 41.1 Å². The summed E-state index contributed by atoms with van der Waals surface area (Å²) in [5, 5.41) is 3.28. The molecule has 1 saturated heterocycles. The third kappa shape index (κ3) is 4.82. The fourth-order valence-corrected chi connectivity index (χ4v) is 6.94. The number of fused-ring (bicyclic) bond motifs is 1. The first-order chi connectivity index (χ1) is 15.7. The van der Waals surface area contributed by atoms with Gasteiger partial charge in [0.2, 0.25) is 10.0 Å². The summed E-state index contributed by atoms with van der Waals surface area (Å²) in [5.41, 5.74) is 7.27. The van der Waals surface area contributed by atoms with Gasteiger partial charge in [0.1, 0.15) is 11.5 Å². The number of quaternary nitrogens is 1. The fourth-order valence-electron chi connectivity index (χ4n) is 4.23. The second-order valence-corrected chi connectivity index (χ2v) is 11.6. The Balaban J connectivity index is 1.53. The van der Waals surface area contributed by atoms with Crippen molar-refractivity contribution in [3.8, 4) is 0 Å². The van der Waals surface area contributed by atoms with Gasteiger partial charge < -0.3 is 20.7 Å². The first-order valence-electron chi connectivity index (χ1n) is 11.0. The summed E-state index contributed by atoms with van der Waals surface area (Å²) in [6, 6.07) is 6.27. The maximum atomic E-state index is 12.9. The predicted molar refractivity (Wildman–Crippen MR) is 125 cm³/mol. The van der Waals surface area contributed by atoms with E-state index in [1.807, 2.05) is 0 Å². The van der Waals surface area contributed by atoms with Crippen molar-refractivity contribution < 1.29 is 27.6 Å². The van der Waals surface area contributed by atoms with E-state index in [2.05, 4.69) is 19.2 Å². The number of primary amides is 1. The zero-order chi connectivity index (χ0) is 23.8. The van der Waals surface area contributed by atoms with Crippen LogP contribution in [0.3, 0.4) is 0 Å². The Kier molecular flexibility index (Phi) is 6.87. The van der Waals surface area contributed by atoms with E-state index in [4.69, 9.17) is 10.5 Å². The van der Waals surface area contributed by atoms with Gasteiger partial charge in [0.15, 0.2) is 0 Å². The molecule has 4 N–H and O–H groups in total. The fraction of sp³-hybridized carbons (Fsp3) is 0.455. The summed E-state index contributed by atoms with van der Waals surface area (Å²) >= 11 is 1.39. The van der Waals surface area contributed by atoms with Gasteiger partial charge in [-0.15, -0.1) is 11.3 Å². The van der Waals surface area contributed by atoms with E-state index in [1.54, 1.807) is 0 Å². The molecule has 2 amide bonds. The smallest absolute Gasteiger partial charge is 0.256 e. The monoisotopic (exact) mass is 493 g/mol. The Hall–Kier alpha value is -2.31. The number of sulfonamides is 1. The molecular formula is C22H29N4O5S2+. The summed E-state index contributed by atoms with van der Waals surface area (Å²) in [5.74, 6) is -0.970. The van der Waals surface area contributed by atoms with E-state index in [-0.39, 0.29) is 4.90 Å². The van der Waals surface area contributed by atoms with E-state index in [0.29, 0.717) is 48.5 Å². The average molecular weight is 494 g/mol. The van der Waals surface area contributed by atoms with Gasteiger partial charge in [-0.05, 0) is 43.7 Å². The molecule has 178 valence electrons. The SMILES string of the molecule is CC(C)[NH+]1CCc2c(sc(NC(=O)c3ccc(S(=O)(=O)N4CCOCC4)cc3)c2C(N)=O)C1. The Morgan fingerprint density at radius 2 is 1.85 bits per heavy atom. The Labute approximate surface area is 197 Å². The molecule has 33 heavy (non-hydrogen) atoms. The molecule has 0 saturated carbocycles. The van der Waals surface area contributed by atoms with Crippen molar-refractivity contribution in [2.45, 2.75) is 37.8 Å². The minimum Gasteiger partial charge on any atom is -0.379 e. The number of hydrogen-bond acceptors (Lipinski definition) is 6. The lowest BCUT2D eigenvalue weighted by Gasteiger charge is -2.27. The number of morpholine rings is 1. The highest BCUT2D eigenvalue weighted by Gasteiger charge is 2.31. The van der Waals surface area contributed by atoms with Gasteiger partial charge in [-0.25, -0.2) is 8.42 Å². The number of anilines is 1. The zero-order valence-corrected chi connectivity index (χ0v) is 20.4. The molecule has 4 rings (SSSR count). The molecule has 1 aromatic heterocycles. The molecule has 0 spiro atoms. The van der Waals surface area contributed by atoms with E-state index in [1.165, 1.54) is 44.8 Å².